The van der Waals surface area contributed by atoms with E-state index in [0.29, 0.717) is 17.1 Å². The number of halogens is 2. The third-order valence-corrected chi connectivity index (χ3v) is 6.46. The highest BCUT2D eigenvalue weighted by atomic mass is 35.5. The summed E-state index contributed by atoms with van der Waals surface area (Å²) in [6.07, 6.45) is 0. The van der Waals surface area contributed by atoms with E-state index in [1.54, 1.807) is 24.3 Å². The average Bonchev–Trinajstić information content (AvgIpc) is 2.61. The number of benzene rings is 2. The van der Waals surface area contributed by atoms with Crippen molar-refractivity contribution in [2.75, 3.05) is 19.6 Å². The van der Waals surface area contributed by atoms with E-state index in [-0.39, 0.29) is 13.1 Å². The van der Waals surface area contributed by atoms with Crippen LogP contribution in [0.3, 0.4) is 0 Å². The van der Waals surface area contributed by atoms with E-state index in [2.05, 4.69) is 5.32 Å². The number of para-hydroxylation sites is 1. The Morgan fingerprint density at radius 1 is 1.23 bits per heavy atom. The van der Waals surface area contributed by atoms with Crippen LogP contribution in [-0.2, 0) is 10.0 Å². The zero-order valence-electron chi connectivity index (χ0n) is 13.4. The Morgan fingerprint density at radius 2 is 1.96 bits per heavy atom. The molecule has 1 N–H and O–H groups in total. The molecule has 7 nitrogen and oxygen atoms in total. The smallest absolute Gasteiger partial charge is 0.313 e. The van der Waals surface area contributed by atoms with Crippen molar-refractivity contribution in [1.82, 2.24) is 9.62 Å². The molecule has 0 aromatic heterocycles. The second kappa shape index (κ2) is 7.28. The van der Waals surface area contributed by atoms with Gasteiger partial charge in [-0.1, -0.05) is 35.9 Å². The number of hydrogen-bond donors (Lipinski definition) is 1. The summed E-state index contributed by atoms with van der Waals surface area (Å²) < 4.78 is 41.3. The summed E-state index contributed by atoms with van der Waals surface area (Å²) in [5.41, 5.74) is -0.479. The summed E-state index contributed by atoms with van der Waals surface area (Å²) in [6, 6.07) is 9.17. The van der Waals surface area contributed by atoms with Gasteiger partial charge < -0.3 is 5.32 Å². The summed E-state index contributed by atoms with van der Waals surface area (Å²) >= 11 is 6.21. The number of nitro benzene ring substituents is 1. The van der Waals surface area contributed by atoms with Gasteiger partial charge in [0, 0.05) is 24.7 Å². The lowest BCUT2D eigenvalue weighted by atomic mass is 10.1. The van der Waals surface area contributed by atoms with Crippen LogP contribution in [0.15, 0.2) is 47.4 Å². The minimum Gasteiger partial charge on any atom is -0.313 e. The number of nitro groups is 1. The summed E-state index contributed by atoms with van der Waals surface area (Å²) in [5.74, 6) is -1.19. The van der Waals surface area contributed by atoms with E-state index < -0.39 is 37.4 Å². The molecule has 1 fully saturated rings. The van der Waals surface area contributed by atoms with Crippen LogP contribution in [0.2, 0.25) is 5.02 Å². The van der Waals surface area contributed by atoms with Crippen molar-refractivity contribution in [3.05, 3.63) is 69.0 Å². The number of piperazine rings is 1. The molecule has 1 heterocycles. The lowest BCUT2D eigenvalue weighted by Gasteiger charge is -2.35. The van der Waals surface area contributed by atoms with Crippen LogP contribution in [0.25, 0.3) is 0 Å². The van der Waals surface area contributed by atoms with Crippen molar-refractivity contribution in [1.29, 1.82) is 0 Å². The lowest BCUT2D eigenvalue weighted by molar-refractivity contribution is -0.390. The van der Waals surface area contributed by atoms with Crippen LogP contribution in [0.5, 0.6) is 0 Å². The quantitative estimate of drug-likeness (QED) is 0.630. The molecule has 0 saturated carbocycles. The van der Waals surface area contributed by atoms with Crippen molar-refractivity contribution in [2.24, 2.45) is 0 Å². The molecule has 10 heteroatoms. The van der Waals surface area contributed by atoms with Gasteiger partial charge in [0.15, 0.2) is 4.90 Å². The Labute approximate surface area is 154 Å². The molecule has 138 valence electrons. The third kappa shape index (κ3) is 3.30. The largest absolute Gasteiger partial charge is 0.324 e. The molecular weight excluding hydrogens is 385 g/mol. The fourth-order valence-corrected chi connectivity index (χ4v) is 5.03. The zero-order chi connectivity index (χ0) is 18.9. The fraction of sp³-hybridized carbons (Fsp3) is 0.250. The van der Waals surface area contributed by atoms with E-state index >= 15 is 0 Å². The lowest BCUT2D eigenvalue weighted by Crippen LogP contribution is -2.48. The highest BCUT2D eigenvalue weighted by Crippen LogP contribution is 2.36. The van der Waals surface area contributed by atoms with Gasteiger partial charge in [-0.05, 0) is 23.8 Å². The molecule has 0 bridgehead atoms. The second-order valence-corrected chi connectivity index (χ2v) is 7.97. The Hall–Kier alpha value is -2.07. The fourth-order valence-electron chi connectivity index (χ4n) is 2.99. The van der Waals surface area contributed by atoms with Gasteiger partial charge in [0.2, 0.25) is 5.82 Å². The van der Waals surface area contributed by atoms with Crippen LogP contribution in [0, 0.1) is 15.9 Å². The van der Waals surface area contributed by atoms with E-state index in [4.69, 9.17) is 11.6 Å². The third-order valence-electron chi connectivity index (χ3n) is 4.18. The number of hydrogen-bond acceptors (Lipinski definition) is 5. The van der Waals surface area contributed by atoms with Gasteiger partial charge in [0.05, 0.1) is 11.0 Å². The maximum absolute atomic E-state index is 13.9. The Morgan fingerprint density at radius 3 is 2.65 bits per heavy atom. The SMILES string of the molecule is O=[N+]([O-])c1c(F)cccc1S(=O)(=O)N1CCNCC1c1ccccc1Cl. The van der Waals surface area contributed by atoms with E-state index in [0.717, 1.165) is 22.5 Å². The maximum Gasteiger partial charge on any atom is 0.324 e. The summed E-state index contributed by atoms with van der Waals surface area (Å²) in [4.78, 5) is 9.54. The first kappa shape index (κ1) is 18.7. The van der Waals surface area contributed by atoms with Gasteiger partial charge >= 0.3 is 5.69 Å². The topological polar surface area (TPSA) is 92.5 Å². The predicted molar refractivity (Wildman–Crippen MR) is 94.0 cm³/mol. The van der Waals surface area contributed by atoms with Gasteiger partial charge in [0.25, 0.3) is 10.0 Å². The van der Waals surface area contributed by atoms with Gasteiger partial charge in [0.1, 0.15) is 0 Å². The Bertz CT molecular complexity index is 954. The number of rotatable bonds is 4. The van der Waals surface area contributed by atoms with Gasteiger partial charge in [-0.3, -0.25) is 10.1 Å². The highest BCUT2D eigenvalue weighted by Gasteiger charge is 2.39. The molecule has 1 unspecified atom stereocenters. The molecular formula is C16H15ClFN3O4S. The van der Waals surface area contributed by atoms with Crippen LogP contribution in [0.4, 0.5) is 10.1 Å². The highest BCUT2D eigenvalue weighted by molar-refractivity contribution is 7.89. The van der Waals surface area contributed by atoms with E-state index in [9.17, 15) is 22.9 Å². The molecule has 2 aromatic rings. The maximum atomic E-state index is 13.9. The Kier molecular flexibility index (Phi) is 5.24. The summed E-state index contributed by atoms with van der Waals surface area (Å²) in [7, 11) is -4.32. The first-order valence-electron chi connectivity index (χ1n) is 7.74. The molecule has 0 amide bonds. The molecule has 3 rings (SSSR count). The molecule has 0 aliphatic carbocycles. The first-order valence-corrected chi connectivity index (χ1v) is 9.55. The minimum atomic E-state index is -4.32. The molecule has 1 atom stereocenters. The molecule has 2 aromatic carbocycles. The normalized spacial score (nSPS) is 18.6. The minimum absolute atomic E-state index is 0.0753. The molecule has 0 spiro atoms. The molecule has 1 saturated heterocycles. The van der Waals surface area contributed by atoms with Crippen LogP contribution in [-0.4, -0.2) is 37.3 Å². The van der Waals surface area contributed by atoms with E-state index in [1.165, 1.54) is 0 Å². The first-order chi connectivity index (χ1) is 12.3. The molecule has 1 aliphatic heterocycles. The average molecular weight is 400 g/mol. The standard InChI is InChI=1S/C16H15ClFN3O4S/c17-12-5-2-1-4-11(12)14-10-19-8-9-20(14)26(24,25)15-7-3-6-13(18)16(15)21(22)23/h1-7,14,19H,8-10H2. The second-order valence-electron chi connectivity index (χ2n) is 5.70. The van der Waals surface area contributed by atoms with E-state index in [1.807, 2.05) is 0 Å². The Balaban J connectivity index is 2.13. The van der Waals surface area contributed by atoms with Crippen molar-refractivity contribution in [3.63, 3.8) is 0 Å². The number of sulfonamides is 1. The summed E-state index contributed by atoms with van der Waals surface area (Å²) in [5, 5.41) is 14.7. The van der Waals surface area contributed by atoms with Crippen molar-refractivity contribution < 1.29 is 17.7 Å². The molecule has 1 aliphatic rings. The van der Waals surface area contributed by atoms with Crippen molar-refractivity contribution >= 4 is 27.3 Å². The van der Waals surface area contributed by atoms with Crippen LogP contribution < -0.4 is 5.32 Å². The predicted octanol–water partition coefficient (Wildman–Crippen LogP) is 2.72. The van der Waals surface area contributed by atoms with Gasteiger partial charge in [-0.25, -0.2) is 8.42 Å². The summed E-state index contributed by atoms with van der Waals surface area (Å²) in [6.45, 7) is 0.723. The van der Waals surface area contributed by atoms with Gasteiger partial charge in [-0.15, -0.1) is 0 Å². The zero-order valence-corrected chi connectivity index (χ0v) is 15.0. The van der Waals surface area contributed by atoms with Crippen molar-refractivity contribution in [3.8, 4) is 0 Å². The molecule has 26 heavy (non-hydrogen) atoms. The van der Waals surface area contributed by atoms with Crippen LogP contribution >= 0.6 is 11.6 Å². The molecule has 0 radical (unpaired) electrons. The van der Waals surface area contributed by atoms with Gasteiger partial charge in [-0.2, -0.15) is 8.70 Å². The number of nitrogens with one attached hydrogen (secondary N) is 1. The van der Waals surface area contributed by atoms with Crippen LogP contribution in [0.1, 0.15) is 11.6 Å². The monoisotopic (exact) mass is 399 g/mol. The number of nitrogens with zero attached hydrogens (tertiary/aromatic N) is 2. The van der Waals surface area contributed by atoms with Crippen molar-refractivity contribution in [2.45, 2.75) is 10.9 Å².